The molecule has 0 aliphatic rings. The number of methoxy groups -OCH3 is 1. The molecule has 0 bridgehead atoms. The van der Waals surface area contributed by atoms with Crippen molar-refractivity contribution in [3.63, 3.8) is 0 Å². The number of hydrogen-bond acceptors (Lipinski definition) is 3. The van der Waals surface area contributed by atoms with Crippen molar-refractivity contribution in [1.82, 2.24) is 5.32 Å². The molecule has 1 N–H and O–H groups in total. The van der Waals surface area contributed by atoms with Crippen molar-refractivity contribution in [3.05, 3.63) is 28.8 Å². The summed E-state index contributed by atoms with van der Waals surface area (Å²) in [6, 6.07) is 6.24. The zero-order valence-corrected chi connectivity index (χ0v) is 11.3. The third-order valence-corrected chi connectivity index (χ3v) is 3.59. The quantitative estimate of drug-likeness (QED) is 0.600. The molecule has 0 aliphatic heterocycles. The molecule has 0 aliphatic carbocycles. The Kier molecular flexibility index (Phi) is 6.88. The average Bonchev–Trinajstić information content (AvgIpc) is 2.28. The Morgan fingerprint density at radius 1 is 1.44 bits per heavy atom. The second-order valence-corrected chi connectivity index (χ2v) is 5.05. The van der Waals surface area contributed by atoms with Crippen LogP contribution >= 0.6 is 23.4 Å². The lowest BCUT2D eigenvalue weighted by Gasteiger charge is -2.06. The van der Waals surface area contributed by atoms with Gasteiger partial charge in [0, 0.05) is 35.9 Å². The van der Waals surface area contributed by atoms with Crippen LogP contribution in [0.15, 0.2) is 23.1 Å². The van der Waals surface area contributed by atoms with Gasteiger partial charge >= 0.3 is 0 Å². The van der Waals surface area contributed by atoms with Crippen LogP contribution in [-0.2, 0) is 11.3 Å². The lowest BCUT2D eigenvalue weighted by molar-refractivity contribution is 0.200. The van der Waals surface area contributed by atoms with Crippen LogP contribution < -0.4 is 5.32 Å². The minimum absolute atomic E-state index is 0.813. The molecular formula is C12H18ClNOS. The molecule has 0 atom stereocenters. The number of hydrogen-bond donors (Lipinski definition) is 1. The van der Waals surface area contributed by atoms with Crippen LogP contribution in [0.4, 0.5) is 0 Å². The van der Waals surface area contributed by atoms with E-state index in [1.165, 1.54) is 4.90 Å². The van der Waals surface area contributed by atoms with E-state index in [0.717, 1.165) is 35.9 Å². The van der Waals surface area contributed by atoms with Gasteiger partial charge in [-0.25, -0.2) is 0 Å². The van der Waals surface area contributed by atoms with Crippen LogP contribution in [0.5, 0.6) is 0 Å². The van der Waals surface area contributed by atoms with Gasteiger partial charge in [-0.15, -0.1) is 11.8 Å². The smallest absolute Gasteiger partial charge is 0.0470 e. The fourth-order valence-corrected chi connectivity index (χ4v) is 2.52. The summed E-state index contributed by atoms with van der Waals surface area (Å²) in [6.07, 6.45) is 1.07. The molecule has 1 rings (SSSR count). The van der Waals surface area contributed by atoms with Crippen LogP contribution in [0.25, 0.3) is 0 Å². The Morgan fingerprint density at radius 2 is 2.25 bits per heavy atom. The number of nitrogens with one attached hydrogen (secondary N) is 1. The van der Waals surface area contributed by atoms with E-state index in [0.29, 0.717) is 0 Å². The lowest BCUT2D eigenvalue weighted by atomic mass is 10.2. The first kappa shape index (κ1) is 13.8. The summed E-state index contributed by atoms with van der Waals surface area (Å²) in [4.78, 5) is 1.22. The van der Waals surface area contributed by atoms with Gasteiger partial charge in [0.2, 0.25) is 0 Å². The van der Waals surface area contributed by atoms with Gasteiger partial charge in [-0.2, -0.15) is 0 Å². The molecule has 4 heteroatoms. The van der Waals surface area contributed by atoms with Crippen LogP contribution in [-0.4, -0.2) is 26.5 Å². The third kappa shape index (κ3) is 4.74. The Balaban J connectivity index is 2.46. The SMILES string of the molecule is CNCc1ccc(SCCCOC)cc1Cl. The van der Waals surface area contributed by atoms with Gasteiger partial charge in [0.15, 0.2) is 0 Å². The Morgan fingerprint density at radius 3 is 2.88 bits per heavy atom. The second kappa shape index (κ2) is 7.96. The second-order valence-electron chi connectivity index (χ2n) is 3.48. The molecule has 0 aromatic heterocycles. The van der Waals surface area contributed by atoms with Crippen molar-refractivity contribution in [2.75, 3.05) is 26.5 Å². The molecule has 0 saturated carbocycles. The van der Waals surface area contributed by atoms with Crippen molar-refractivity contribution in [2.24, 2.45) is 0 Å². The summed E-state index contributed by atoms with van der Waals surface area (Å²) in [5.74, 6) is 1.07. The first-order valence-corrected chi connectivity index (χ1v) is 6.69. The normalized spacial score (nSPS) is 10.7. The highest BCUT2D eigenvalue weighted by Crippen LogP contribution is 2.25. The van der Waals surface area contributed by atoms with Gasteiger partial charge in [0.1, 0.15) is 0 Å². The Labute approximate surface area is 107 Å². The lowest BCUT2D eigenvalue weighted by Crippen LogP contribution is -2.05. The molecule has 90 valence electrons. The maximum atomic E-state index is 6.17. The number of halogens is 1. The maximum Gasteiger partial charge on any atom is 0.0470 e. The molecule has 1 aromatic carbocycles. The van der Waals surface area contributed by atoms with Crippen molar-refractivity contribution in [2.45, 2.75) is 17.9 Å². The Hall–Kier alpha value is -0.220. The van der Waals surface area contributed by atoms with Gasteiger partial charge in [-0.1, -0.05) is 17.7 Å². The predicted molar refractivity (Wildman–Crippen MR) is 71.4 cm³/mol. The van der Waals surface area contributed by atoms with E-state index < -0.39 is 0 Å². The van der Waals surface area contributed by atoms with Gasteiger partial charge < -0.3 is 10.1 Å². The Bertz CT molecular complexity index is 320. The molecule has 1 aromatic rings. The maximum absolute atomic E-state index is 6.17. The van der Waals surface area contributed by atoms with Crippen LogP contribution in [0.3, 0.4) is 0 Å². The van der Waals surface area contributed by atoms with E-state index in [9.17, 15) is 0 Å². The largest absolute Gasteiger partial charge is 0.385 e. The standard InChI is InChI=1S/C12H18ClNOS/c1-14-9-10-4-5-11(8-12(10)13)16-7-3-6-15-2/h4-5,8,14H,3,6-7,9H2,1-2H3. The van der Waals surface area contributed by atoms with E-state index in [2.05, 4.69) is 17.4 Å². The molecule has 0 saturated heterocycles. The van der Waals surface area contributed by atoms with Crippen molar-refractivity contribution >= 4 is 23.4 Å². The summed E-state index contributed by atoms with van der Waals surface area (Å²) in [5.41, 5.74) is 1.14. The van der Waals surface area contributed by atoms with Crippen molar-refractivity contribution < 1.29 is 4.74 Å². The van der Waals surface area contributed by atoms with Crippen molar-refractivity contribution in [1.29, 1.82) is 0 Å². The summed E-state index contributed by atoms with van der Waals surface area (Å²) in [7, 11) is 3.65. The summed E-state index contributed by atoms with van der Waals surface area (Å²) < 4.78 is 5.01. The molecule has 0 unspecified atom stereocenters. The minimum Gasteiger partial charge on any atom is -0.385 e. The van der Waals surface area contributed by atoms with Gasteiger partial charge in [-0.3, -0.25) is 0 Å². The molecular weight excluding hydrogens is 242 g/mol. The summed E-state index contributed by atoms with van der Waals surface area (Å²) in [6.45, 7) is 1.63. The van der Waals surface area contributed by atoms with E-state index in [-0.39, 0.29) is 0 Å². The van der Waals surface area contributed by atoms with Gasteiger partial charge in [-0.05, 0) is 31.2 Å². The first-order valence-electron chi connectivity index (χ1n) is 5.32. The summed E-state index contributed by atoms with van der Waals surface area (Å²) in [5, 5.41) is 3.94. The molecule has 0 spiro atoms. The van der Waals surface area contributed by atoms with Crippen LogP contribution in [0.1, 0.15) is 12.0 Å². The molecule has 0 fully saturated rings. The molecule has 0 radical (unpaired) electrons. The minimum atomic E-state index is 0.813. The number of thioether (sulfide) groups is 1. The molecule has 0 amide bonds. The third-order valence-electron chi connectivity index (χ3n) is 2.15. The fraction of sp³-hybridized carbons (Fsp3) is 0.500. The monoisotopic (exact) mass is 259 g/mol. The highest BCUT2D eigenvalue weighted by atomic mass is 35.5. The predicted octanol–water partition coefficient (Wildman–Crippen LogP) is 3.19. The van der Waals surface area contributed by atoms with Crippen LogP contribution in [0.2, 0.25) is 5.02 Å². The zero-order valence-electron chi connectivity index (χ0n) is 9.75. The van der Waals surface area contributed by atoms with E-state index >= 15 is 0 Å². The first-order chi connectivity index (χ1) is 7.77. The highest BCUT2D eigenvalue weighted by molar-refractivity contribution is 7.99. The van der Waals surface area contributed by atoms with E-state index in [4.69, 9.17) is 16.3 Å². The average molecular weight is 260 g/mol. The van der Waals surface area contributed by atoms with Gasteiger partial charge in [0.05, 0.1) is 0 Å². The zero-order chi connectivity index (χ0) is 11.8. The topological polar surface area (TPSA) is 21.3 Å². The van der Waals surface area contributed by atoms with Crippen LogP contribution in [0, 0.1) is 0 Å². The molecule has 16 heavy (non-hydrogen) atoms. The van der Waals surface area contributed by atoms with E-state index in [1.807, 2.05) is 24.9 Å². The fourth-order valence-electron chi connectivity index (χ4n) is 1.34. The number of ether oxygens (including phenoxy) is 1. The van der Waals surface area contributed by atoms with Crippen molar-refractivity contribution in [3.8, 4) is 0 Å². The van der Waals surface area contributed by atoms with E-state index in [1.54, 1.807) is 7.11 Å². The number of benzene rings is 1. The van der Waals surface area contributed by atoms with Gasteiger partial charge in [0.25, 0.3) is 0 Å². The molecule has 2 nitrogen and oxygen atoms in total. The molecule has 0 heterocycles. The highest BCUT2D eigenvalue weighted by Gasteiger charge is 2.01. The number of rotatable bonds is 7. The summed E-state index contributed by atoms with van der Waals surface area (Å²) >= 11 is 7.99.